The van der Waals surface area contributed by atoms with E-state index in [1.807, 2.05) is 18.2 Å². The van der Waals surface area contributed by atoms with Gasteiger partial charge in [-0.25, -0.2) is 4.39 Å². The minimum Gasteiger partial charge on any atom is -0.351 e. The predicted molar refractivity (Wildman–Crippen MR) is 95.8 cm³/mol. The molecule has 1 aliphatic heterocycles. The highest BCUT2D eigenvalue weighted by atomic mass is 32.1. The average Bonchev–Trinajstić information content (AvgIpc) is 2.55. The molecule has 24 heavy (non-hydrogen) atoms. The van der Waals surface area contributed by atoms with Gasteiger partial charge in [-0.1, -0.05) is 36.4 Å². The van der Waals surface area contributed by atoms with Crippen molar-refractivity contribution < 1.29 is 9.18 Å². The quantitative estimate of drug-likeness (QED) is 0.750. The molecule has 2 aromatic carbocycles. The molecule has 1 amide bonds. The Balaban J connectivity index is 1.98. The second-order valence-electron chi connectivity index (χ2n) is 5.41. The lowest BCUT2D eigenvalue weighted by Gasteiger charge is -2.30. The van der Waals surface area contributed by atoms with Crippen LogP contribution in [-0.4, -0.2) is 11.0 Å². The fourth-order valence-corrected chi connectivity index (χ4v) is 2.93. The van der Waals surface area contributed by atoms with Gasteiger partial charge in [-0.05, 0) is 37.3 Å². The molecular formula is C18H16FN3OS. The van der Waals surface area contributed by atoms with Crippen LogP contribution in [0.3, 0.4) is 0 Å². The minimum atomic E-state index is -0.649. The number of thiocarbonyl (C=S) groups is 1. The van der Waals surface area contributed by atoms with Gasteiger partial charge in [-0.3, -0.25) is 4.79 Å². The standard InChI is InChI=1S/C18H16FN3OS/c1-11-15(17(23)21-12-7-3-2-4-8-12)16(22-18(24)20-11)13-9-5-6-10-14(13)19/h2-10,16H,1H3,(H,21,23)(H2,20,22,24). The molecule has 0 spiro atoms. The topological polar surface area (TPSA) is 53.2 Å². The second kappa shape index (κ2) is 6.80. The first-order valence-corrected chi connectivity index (χ1v) is 7.86. The number of carbonyl (C=O) groups is 1. The molecule has 0 radical (unpaired) electrons. The van der Waals surface area contributed by atoms with Crippen LogP contribution >= 0.6 is 12.2 Å². The molecule has 1 aliphatic rings. The Labute approximate surface area is 144 Å². The van der Waals surface area contributed by atoms with E-state index in [2.05, 4.69) is 16.0 Å². The minimum absolute atomic E-state index is 0.311. The maximum absolute atomic E-state index is 14.2. The van der Waals surface area contributed by atoms with E-state index in [1.54, 1.807) is 37.3 Å². The summed E-state index contributed by atoms with van der Waals surface area (Å²) in [7, 11) is 0. The van der Waals surface area contributed by atoms with Crippen LogP contribution in [0.2, 0.25) is 0 Å². The van der Waals surface area contributed by atoms with Gasteiger partial charge in [-0.2, -0.15) is 0 Å². The molecule has 0 aromatic heterocycles. The smallest absolute Gasteiger partial charge is 0.255 e. The number of carbonyl (C=O) groups excluding carboxylic acids is 1. The molecule has 3 N–H and O–H groups in total. The molecule has 4 nitrogen and oxygen atoms in total. The van der Waals surface area contributed by atoms with Crippen LogP contribution in [0.15, 0.2) is 65.9 Å². The molecule has 0 saturated carbocycles. The van der Waals surface area contributed by atoms with Crippen molar-refractivity contribution >= 4 is 28.9 Å². The van der Waals surface area contributed by atoms with Crippen LogP contribution in [-0.2, 0) is 4.79 Å². The van der Waals surface area contributed by atoms with Gasteiger partial charge in [-0.15, -0.1) is 0 Å². The lowest BCUT2D eigenvalue weighted by atomic mass is 9.94. The van der Waals surface area contributed by atoms with Crippen molar-refractivity contribution in [2.24, 2.45) is 0 Å². The van der Waals surface area contributed by atoms with Gasteiger partial charge in [0.15, 0.2) is 5.11 Å². The summed E-state index contributed by atoms with van der Waals surface area (Å²) >= 11 is 5.16. The summed E-state index contributed by atoms with van der Waals surface area (Å²) in [4.78, 5) is 12.8. The van der Waals surface area contributed by atoms with Crippen molar-refractivity contribution in [2.45, 2.75) is 13.0 Å². The summed E-state index contributed by atoms with van der Waals surface area (Å²) in [5.74, 6) is -0.702. The molecule has 0 saturated heterocycles. The van der Waals surface area contributed by atoms with Crippen LogP contribution in [0.5, 0.6) is 0 Å². The largest absolute Gasteiger partial charge is 0.351 e. The van der Waals surface area contributed by atoms with Crippen molar-refractivity contribution in [2.75, 3.05) is 5.32 Å². The molecule has 122 valence electrons. The lowest BCUT2D eigenvalue weighted by molar-refractivity contribution is -0.113. The van der Waals surface area contributed by atoms with Crippen LogP contribution in [0.25, 0.3) is 0 Å². The summed E-state index contributed by atoms with van der Waals surface area (Å²) in [5.41, 5.74) is 2.04. The number of allylic oxidation sites excluding steroid dienone is 1. The lowest BCUT2D eigenvalue weighted by Crippen LogP contribution is -2.46. The summed E-state index contributed by atoms with van der Waals surface area (Å²) in [5, 5.41) is 9.11. The molecular weight excluding hydrogens is 325 g/mol. The normalized spacial score (nSPS) is 17.1. The number of benzene rings is 2. The number of amides is 1. The third-order valence-corrected chi connectivity index (χ3v) is 3.98. The second-order valence-corrected chi connectivity index (χ2v) is 5.82. The Morgan fingerprint density at radius 3 is 2.50 bits per heavy atom. The molecule has 3 rings (SSSR count). The van der Waals surface area contributed by atoms with Gasteiger partial charge in [0, 0.05) is 16.9 Å². The maximum atomic E-state index is 14.2. The van der Waals surface area contributed by atoms with E-state index in [4.69, 9.17) is 12.2 Å². The first kappa shape index (κ1) is 16.1. The highest BCUT2D eigenvalue weighted by Crippen LogP contribution is 2.29. The Morgan fingerprint density at radius 2 is 1.79 bits per heavy atom. The number of nitrogens with one attached hydrogen (secondary N) is 3. The number of hydrogen-bond acceptors (Lipinski definition) is 2. The number of anilines is 1. The average molecular weight is 341 g/mol. The van der Waals surface area contributed by atoms with Crippen molar-refractivity contribution in [3.05, 3.63) is 77.2 Å². The highest BCUT2D eigenvalue weighted by Gasteiger charge is 2.31. The zero-order chi connectivity index (χ0) is 17.1. The molecule has 1 heterocycles. The van der Waals surface area contributed by atoms with Crippen LogP contribution in [0, 0.1) is 5.82 Å². The fraction of sp³-hybridized carbons (Fsp3) is 0.111. The van der Waals surface area contributed by atoms with Crippen LogP contribution in [0.1, 0.15) is 18.5 Å². The monoisotopic (exact) mass is 341 g/mol. The summed E-state index contributed by atoms with van der Waals surface area (Å²) < 4.78 is 14.2. The van der Waals surface area contributed by atoms with Gasteiger partial charge >= 0.3 is 0 Å². The Bertz CT molecular complexity index is 820. The highest BCUT2D eigenvalue weighted by molar-refractivity contribution is 7.80. The van der Waals surface area contributed by atoms with Crippen molar-refractivity contribution in [1.29, 1.82) is 0 Å². The van der Waals surface area contributed by atoms with Gasteiger partial charge < -0.3 is 16.0 Å². The van der Waals surface area contributed by atoms with E-state index >= 15 is 0 Å². The number of para-hydroxylation sites is 1. The van der Waals surface area contributed by atoms with E-state index in [1.165, 1.54) is 6.07 Å². The van der Waals surface area contributed by atoms with E-state index in [-0.39, 0.29) is 5.91 Å². The van der Waals surface area contributed by atoms with Crippen molar-refractivity contribution in [3.63, 3.8) is 0 Å². The van der Waals surface area contributed by atoms with Crippen molar-refractivity contribution in [1.82, 2.24) is 10.6 Å². The Hall–Kier alpha value is -2.73. The molecule has 1 atom stereocenters. The zero-order valence-electron chi connectivity index (χ0n) is 13.0. The van der Waals surface area contributed by atoms with Crippen LogP contribution in [0.4, 0.5) is 10.1 Å². The summed E-state index contributed by atoms with van der Waals surface area (Å²) in [6.45, 7) is 1.75. The number of hydrogen-bond donors (Lipinski definition) is 3. The third-order valence-electron chi connectivity index (χ3n) is 3.76. The number of rotatable bonds is 3. The molecule has 0 aliphatic carbocycles. The van der Waals surface area contributed by atoms with E-state index in [0.29, 0.717) is 27.6 Å². The summed E-state index contributed by atoms with van der Waals surface area (Å²) in [6.07, 6.45) is 0. The molecule has 1 unspecified atom stereocenters. The third kappa shape index (κ3) is 3.28. The molecule has 0 bridgehead atoms. The summed E-state index contributed by atoms with van der Waals surface area (Å²) in [6, 6.07) is 14.8. The fourth-order valence-electron chi connectivity index (χ4n) is 2.66. The first-order valence-electron chi connectivity index (χ1n) is 7.45. The van der Waals surface area contributed by atoms with Gasteiger partial charge in [0.2, 0.25) is 0 Å². The molecule has 0 fully saturated rings. The van der Waals surface area contributed by atoms with Crippen molar-refractivity contribution in [3.8, 4) is 0 Å². The Kier molecular flexibility index (Phi) is 4.57. The maximum Gasteiger partial charge on any atom is 0.255 e. The SMILES string of the molecule is CC1=C(C(=O)Nc2ccccc2)C(c2ccccc2F)NC(=S)N1. The number of halogens is 1. The zero-order valence-corrected chi connectivity index (χ0v) is 13.8. The first-order chi connectivity index (χ1) is 11.6. The van der Waals surface area contributed by atoms with Crippen LogP contribution < -0.4 is 16.0 Å². The van der Waals surface area contributed by atoms with E-state index in [9.17, 15) is 9.18 Å². The van der Waals surface area contributed by atoms with E-state index < -0.39 is 11.9 Å². The Morgan fingerprint density at radius 1 is 1.12 bits per heavy atom. The molecule has 2 aromatic rings. The van der Waals surface area contributed by atoms with Gasteiger partial charge in [0.05, 0.1) is 11.6 Å². The van der Waals surface area contributed by atoms with Gasteiger partial charge in [0.25, 0.3) is 5.91 Å². The predicted octanol–water partition coefficient (Wildman–Crippen LogP) is 3.26. The van der Waals surface area contributed by atoms with E-state index in [0.717, 1.165) is 0 Å². The van der Waals surface area contributed by atoms with Gasteiger partial charge in [0.1, 0.15) is 5.82 Å². The molecule has 6 heteroatoms.